The molecule has 1 amide bonds. The van der Waals surface area contributed by atoms with Crippen LogP contribution in [0.3, 0.4) is 0 Å². The summed E-state index contributed by atoms with van der Waals surface area (Å²) in [5, 5.41) is 13.3. The average Bonchev–Trinajstić information content (AvgIpc) is 2.43. The van der Waals surface area contributed by atoms with E-state index >= 15 is 0 Å². The Morgan fingerprint density at radius 3 is 2.60 bits per heavy atom. The van der Waals surface area contributed by atoms with Crippen LogP contribution in [-0.4, -0.2) is 47.7 Å². The SMILES string of the molecule is CCCCN1CC(NC(=O)C(C)C)CC(C(O)CC)C1. The average molecular weight is 284 g/mol. The van der Waals surface area contributed by atoms with Gasteiger partial charge >= 0.3 is 0 Å². The van der Waals surface area contributed by atoms with Gasteiger partial charge < -0.3 is 15.3 Å². The summed E-state index contributed by atoms with van der Waals surface area (Å²) in [6, 6.07) is 0.182. The highest BCUT2D eigenvalue weighted by atomic mass is 16.3. The van der Waals surface area contributed by atoms with Gasteiger partial charge in [-0.3, -0.25) is 4.79 Å². The standard InChI is InChI=1S/C16H32N2O2/c1-5-7-8-18-10-13(15(19)6-2)9-14(11-18)17-16(20)12(3)4/h12-15,19H,5-11H2,1-4H3,(H,17,20). The maximum Gasteiger partial charge on any atom is 0.222 e. The van der Waals surface area contributed by atoms with Gasteiger partial charge in [0.15, 0.2) is 0 Å². The summed E-state index contributed by atoms with van der Waals surface area (Å²) in [5.41, 5.74) is 0. The molecule has 1 rings (SSSR count). The Bertz CT molecular complexity index is 294. The fourth-order valence-corrected chi connectivity index (χ4v) is 2.88. The van der Waals surface area contributed by atoms with Crippen LogP contribution in [0.5, 0.6) is 0 Å². The minimum atomic E-state index is -0.252. The zero-order valence-corrected chi connectivity index (χ0v) is 13.6. The van der Waals surface area contributed by atoms with Crippen LogP contribution in [0.2, 0.25) is 0 Å². The number of aliphatic hydroxyl groups is 1. The molecule has 1 fully saturated rings. The smallest absolute Gasteiger partial charge is 0.222 e. The third kappa shape index (κ3) is 5.41. The molecule has 0 aromatic heterocycles. The molecule has 4 nitrogen and oxygen atoms in total. The predicted molar refractivity (Wildman–Crippen MR) is 82.5 cm³/mol. The van der Waals surface area contributed by atoms with Crippen LogP contribution < -0.4 is 5.32 Å². The van der Waals surface area contributed by atoms with E-state index in [0.717, 1.165) is 32.5 Å². The van der Waals surface area contributed by atoms with Crippen molar-refractivity contribution in [2.75, 3.05) is 19.6 Å². The normalized spacial score (nSPS) is 25.7. The molecule has 0 aromatic carbocycles. The number of unbranched alkanes of at least 4 members (excludes halogenated alkanes) is 1. The summed E-state index contributed by atoms with van der Waals surface area (Å²) in [6.45, 7) is 11.0. The molecule has 0 bridgehead atoms. The fraction of sp³-hybridized carbons (Fsp3) is 0.938. The van der Waals surface area contributed by atoms with Crippen molar-refractivity contribution >= 4 is 5.91 Å². The minimum absolute atomic E-state index is 0.0237. The van der Waals surface area contributed by atoms with Crippen molar-refractivity contribution in [1.29, 1.82) is 0 Å². The minimum Gasteiger partial charge on any atom is -0.393 e. The Hall–Kier alpha value is -0.610. The van der Waals surface area contributed by atoms with Crippen molar-refractivity contribution in [2.45, 2.75) is 65.5 Å². The number of hydrogen-bond donors (Lipinski definition) is 2. The number of aliphatic hydroxyl groups excluding tert-OH is 1. The molecular formula is C16H32N2O2. The van der Waals surface area contributed by atoms with Gasteiger partial charge in [-0.2, -0.15) is 0 Å². The van der Waals surface area contributed by atoms with E-state index < -0.39 is 0 Å². The van der Waals surface area contributed by atoms with E-state index in [2.05, 4.69) is 17.1 Å². The topological polar surface area (TPSA) is 52.6 Å². The lowest BCUT2D eigenvalue weighted by Crippen LogP contribution is -2.53. The van der Waals surface area contributed by atoms with Crippen molar-refractivity contribution < 1.29 is 9.90 Å². The molecule has 3 atom stereocenters. The first kappa shape index (κ1) is 17.4. The van der Waals surface area contributed by atoms with Crippen molar-refractivity contribution in [3.63, 3.8) is 0 Å². The first-order chi connectivity index (χ1) is 9.47. The van der Waals surface area contributed by atoms with E-state index in [0.29, 0.717) is 0 Å². The Morgan fingerprint density at radius 1 is 1.35 bits per heavy atom. The van der Waals surface area contributed by atoms with Crippen LogP contribution in [-0.2, 0) is 4.79 Å². The van der Waals surface area contributed by atoms with E-state index in [1.165, 1.54) is 12.8 Å². The van der Waals surface area contributed by atoms with E-state index in [-0.39, 0.29) is 29.9 Å². The molecule has 1 aliphatic heterocycles. The number of nitrogens with one attached hydrogen (secondary N) is 1. The summed E-state index contributed by atoms with van der Waals surface area (Å²) < 4.78 is 0. The number of piperidine rings is 1. The number of nitrogens with zero attached hydrogens (tertiary/aromatic N) is 1. The molecule has 0 saturated carbocycles. The predicted octanol–water partition coefficient (Wildman–Crippen LogP) is 2.02. The third-order valence-electron chi connectivity index (χ3n) is 4.22. The van der Waals surface area contributed by atoms with Crippen LogP contribution >= 0.6 is 0 Å². The molecule has 1 heterocycles. The number of carbonyl (C=O) groups is 1. The number of carbonyl (C=O) groups excluding carboxylic acids is 1. The number of hydrogen-bond acceptors (Lipinski definition) is 3. The molecule has 20 heavy (non-hydrogen) atoms. The van der Waals surface area contributed by atoms with E-state index in [1.807, 2.05) is 20.8 Å². The fourth-order valence-electron chi connectivity index (χ4n) is 2.88. The molecule has 0 aliphatic carbocycles. The number of rotatable bonds is 7. The largest absolute Gasteiger partial charge is 0.393 e. The van der Waals surface area contributed by atoms with Gasteiger partial charge in [0.05, 0.1) is 6.10 Å². The van der Waals surface area contributed by atoms with Crippen LogP contribution in [0.4, 0.5) is 0 Å². The number of amides is 1. The lowest BCUT2D eigenvalue weighted by Gasteiger charge is -2.40. The number of likely N-dealkylation sites (tertiary alicyclic amines) is 1. The molecule has 1 saturated heterocycles. The summed E-state index contributed by atoms with van der Waals surface area (Å²) in [4.78, 5) is 14.3. The lowest BCUT2D eigenvalue weighted by atomic mass is 9.88. The Labute approximate surface area is 123 Å². The first-order valence-corrected chi connectivity index (χ1v) is 8.18. The second kappa shape index (κ2) is 8.63. The molecular weight excluding hydrogens is 252 g/mol. The van der Waals surface area contributed by atoms with Crippen LogP contribution in [0.15, 0.2) is 0 Å². The van der Waals surface area contributed by atoms with Gasteiger partial charge in [0.1, 0.15) is 0 Å². The van der Waals surface area contributed by atoms with E-state index in [9.17, 15) is 9.90 Å². The molecule has 3 unspecified atom stereocenters. The Morgan fingerprint density at radius 2 is 2.05 bits per heavy atom. The zero-order chi connectivity index (χ0) is 15.1. The van der Waals surface area contributed by atoms with Gasteiger partial charge in [0.25, 0.3) is 0 Å². The molecule has 0 radical (unpaired) electrons. The highest BCUT2D eigenvalue weighted by Crippen LogP contribution is 2.22. The molecule has 0 aromatic rings. The monoisotopic (exact) mass is 284 g/mol. The third-order valence-corrected chi connectivity index (χ3v) is 4.22. The maximum absolute atomic E-state index is 11.9. The van der Waals surface area contributed by atoms with Crippen molar-refractivity contribution in [3.05, 3.63) is 0 Å². The second-order valence-corrected chi connectivity index (χ2v) is 6.44. The van der Waals surface area contributed by atoms with Gasteiger partial charge in [-0.1, -0.05) is 34.1 Å². The Balaban J connectivity index is 2.61. The molecule has 2 N–H and O–H groups in total. The van der Waals surface area contributed by atoms with Crippen molar-refractivity contribution in [3.8, 4) is 0 Å². The van der Waals surface area contributed by atoms with Gasteiger partial charge in [-0.05, 0) is 31.7 Å². The van der Waals surface area contributed by atoms with Crippen LogP contribution in [0.1, 0.15) is 53.4 Å². The quantitative estimate of drug-likeness (QED) is 0.752. The molecule has 118 valence electrons. The zero-order valence-electron chi connectivity index (χ0n) is 13.6. The summed E-state index contributed by atoms with van der Waals surface area (Å²) in [5.74, 6) is 0.427. The highest BCUT2D eigenvalue weighted by molar-refractivity contribution is 5.78. The summed E-state index contributed by atoms with van der Waals surface area (Å²) >= 11 is 0. The van der Waals surface area contributed by atoms with Gasteiger partial charge in [0.2, 0.25) is 5.91 Å². The van der Waals surface area contributed by atoms with E-state index in [1.54, 1.807) is 0 Å². The summed E-state index contributed by atoms with van der Waals surface area (Å²) in [7, 11) is 0. The van der Waals surface area contributed by atoms with Crippen molar-refractivity contribution in [2.24, 2.45) is 11.8 Å². The van der Waals surface area contributed by atoms with Crippen LogP contribution in [0.25, 0.3) is 0 Å². The lowest BCUT2D eigenvalue weighted by molar-refractivity contribution is -0.125. The van der Waals surface area contributed by atoms with E-state index in [4.69, 9.17) is 0 Å². The molecule has 4 heteroatoms. The highest BCUT2D eigenvalue weighted by Gasteiger charge is 2.31. The first-order valence-electron chi connectivity index (χ1n) is 8.18. The van der Waals surface area contributed by atoms with Crippen LogP contribution in [0, 0.1) is 11.8 Å². The summed E-state index contributed by atoms with van der Waals surface area (Å²) in [6.07, 6.45) is 3.80. The molecule has 1 aliphatic rings. The maximum atomic E-state index is 11.9. The van der Waals surface area contributed by atoms with Gasteiger partial charge in [-0.25, -0.2) is 0 Å². The van der Waals surface area contributed by atoms with Crippen molar-refractivity contribution in [1.82, 2.24) is 10.2 Å². The van der Waals surface area contributed by atoms with Gasteiger partial charge in [-0.15, -0.1) is 0 Å². The Kier molecular flexibility index (Phi) is 7.52. The van der Waals surface area contributed by atoms with Gasteiger partial charge in [0, 0.05) is 25.0 Å². The second-order valence-electron chi connectivity index (χ2n) is 6.44. The molecule has 0 spiro atoms.